The molecule has 0 bridgehead atoms. The van der Waals surface area contributed by atoms with Gasteiger partial charge in [-0.25, -0.2) is 0 Å². The second-order valence-electron chi connectivity index (χ2n) is 5.13. The van der Waals surface area contributed by atoms with Crippen LogP contribution in [0.25, 0.3) is 0 Å². The quantitative estimate of drug-likeness (QED) is 0.859. The number of hydrogen-bond acceptors (Lipinski definition) is 3. The Morgan fingerprint density at radius 2 is 1.67 bits per heavy atom. The molecule has 102 valence electrons. The molecule has 0 fully saturated rings. The van der Waals surface area contributed by atoms with Gasteiger partial charge >= 0.3 is 0 Å². The third-order valence-corrected chi connectivity index (χ3v) is 3.89. The van der Waals surface area contributed by atoms with Crippen LogP contribution in [0.3, 0.4) is 0 Å². The van der Waals surface area contributed by atoms with Gasteiger partial charge in [0, 0.05) is 12.0 Å². The molecule has 18 heavy (non-hydrogen) atoms. The SMILES string of the molecule is COc1cc(Br)c(OC(CN)C(C)(C)C)cc1Br. The number of ether oxygens (including phenoxy) is 2. The summed E-state index contributed by atoms with van der Waals surface area (Å²) in [7, 11) is 1.63. The molecule has 1 aromatic rings. The van der Waals surface area contributed by atoms with E-state index in [1.54, 1.807) is 7.11 Å². The van der Waals surface area contributed by atoms with Gasteiger partial charge in [-0.2, -0.15) is 0 Å². The number of nitrogens with two attached hydrogens (primary N) is 1. The zero-order valence-electron chi connectivity index (χ0n) is 11.1. The van der Waals surface area contributed by atoms with Gasteiger partial charge in [-0.1, -0.05) is 20.8 Å². The predicted octanol–water partition coefficient (Wildman–Crippen LogP) is 3.97. The largest absolute Gasteiger partial charge is 0.496 e. The van der Waals surface area contributed by atoms with Gasteiger partial charge < -0.3 is 15.2 Å². The molecule has 0 heterocycles. The molecular weight excluding hydrogens is 362 g/mol. The van der Waals surface area contributed by atoms with E-state index in [0.717, 1.165) is 20.4 Å². The Kier molecular flexibility index (Phi) is 5.49. The van der Waals surface area contributed by atoms with E-state index in [2.05, 4.69) is 52.6 Å². The van der Waals surface area contributed by atoms with Crippen LogP contribution in [0.4, 0.5) is 0 Å². The molecule has 0 spiro atoms. The minimum atomic E-state index is -0.0471. The van der Waals surface area contributed by atoms with Crippen LogP contribution in [0.5, 0.6) is 11.5 Å². The van der Waals surface area contributed by atoms with Crippen molar-refractivity contribution in [3.8, 4) is 11.5 Å². The van der Waals surface area contributed by atoms with E-state index in [0.29, 0.717) is 6.54 Å². The molecule has 0 amide bonds. The Morgan fingerprint density at radius 1 is 1.17 bits per heavy atom. The zero-order chi connectivity index (χ0) is 13.9. The summed E-state index contributed by atoms with van der Waals surface area (Å²) in [6.45, 7) is 6.80. The fourth-order valence-corrected chi connectivity index (χ4v) is 2.39. The summed E-state index contributed by atoms with van der Waals surface area (Å²) in [6.07, 6.45) is -0.0471. The molecule has 1 aromatic carbocycles. The highest BCUT2D eigenvalue weighted by Gasteiger charge is 2.26. The first kappa shape index (κ1) is 15.8. The Hall–Kier alpha value is -0.260. The average molecular weight is 381 g/mol. The molecule has 0 aliphatic rings. The van der Waals surface area contributed by atoms with E-state index >= 15 is 0 Å². The highest BCUT2D eigenvalue weighted by Crippen LogP contribution is 2.37. The smallest absolute Gasteiger partial charge is 0.135 e. The van der Waals surface area contributed by atoms with Gasteiger partial charge in [-0.15, -0.1) is 0 Å². The minimum absolute atomic E-state index is 0.0133. The first-order chi connectivity index (χ1) is 8.29. The van der Waals surface area contributed by atoms with Gasteiger partial charge in [0.05, 0.1) is 16.1 Å². The predicted molar refractivity (Wildman–Crippen MR) is 81.3 cm³/mol. The fourth-order valence-electron chi connectivity index (χ4n) is 1.49. The summed E-state index contributed by atoms with van der Waals surface area (Å²) in [4.78, 5) is 0. The minimum Gasteiger partial charge on any atom is -0.496 e. The first-order valence-corrected chi connectivity index (χ1v) is 7.28. The molecule has 1 rings (SSSR count). The molecule has 0 aliphatic carbocycles. The van der Waals surface area contributed by atoms with Crippen LogP contribution < -0.4 is 15.2 Å². The van der Waals surface area contributed by atoms with Crippen molar-refractivity contribution < 1.29 is 9.47 Å². The van der Waals surface area contributed by atoms with Crippen LogP contribution in [-0.2, 0) is 0 Å². The lowest BCUT2D eigenvalue weighted by Crippen LogP contribution is -2.38. The molecule has 0 saturated heterocycles. The van der Waals surface area contributed by atoms with Crippen molar-refractivity contribution in [1.82, 2.24) is 0 Å². The second kappa shape index (κ2) is 6.26. The van der Waals surface area contributed by atoms with Crippen molar-refractivity contribution in [3.63, 3.8) is 0 Å². The lowest BCUT2D eigenvalue weighted by molar-refractivity contribution is 0.0932. The number of halogens is 2. The number of methoxy groups -OCH3 is 1. The summed E-state index contributed by atoms with van der Waals surface area (Å²) in [6, 6.07) is 3.76. The average Bonchev–Trinajstić information content (AvgIpc) is 2.27. The van der Waals surface area contributed by atoms with Crippen LogP contribution >= 0.6 is 31.9 Å². The zero-order valence-corrected chi connectivity index (χ0v) is 14.3. The van der Waals surface area contributed by atoms with E-state index in [-0.39, 0.29) is 11.5 Å². The molecule has 0 aliphatic heterocycles. The summed E-state index contributed by atoms with van der Waals surface area (Å²) in [5.41, 5.74) is 5.76. The monoisotopic (exact) mass is 379 g/mol. The molecule has 5 heteroatoms. The van der Waals surface area contributed by atoms with E-state index in [1.807, 2.05) is 12.1 Å². The fraction of sp³-hybridized carbons (Fsp3) is 0.538. The molecule has 0 radical (unpaired) electrons. The maximum absolute atomic E-state index is 5.98. The van der Waals surface area contributed by atoms with Crippen molar-refractivity contribution >= 4 is 31.9 Å². The number of hydrogen-bond donors (Lipinski definition) is 1. The van der Waals surface area contributed by atoms with Crippen molar-refractivity contribution in [2.45, 2.75) is 26.9 Å². The Bertz CT molecular complexity index is 416. The summed E-state index contributed by atoms with van der Waals surface area (Å²) < 4.78 is 12.9. The first-order valence-electron chi connectivity index (χ1n) is 5.69. The summed E-state index contributed by atoms with van der Waals surface area (Å²) in [5.74, 6) is 1.52. The standard InChI is InChI=1S/C13H19Br2NO2/c1-13(2,3)12(7-16)18-11-6-8(14)10(17-4)5-9(11)15/h5-6,12H,7,16H2,1-4H3. The third-order valence-electron chi connectivity index (χ3n) is 2.66. The van der Waals surface area contributed by atoms with Crippen LogP contribution in [0.2, 0.25) is 0 Å². The van der Waals surface area contributed by atoms with Crippen molar-refractivity contribution in [2.24, 2.45) is 11.1 Å². The Morgan fingerprint density at radius 3 is 2.11 bits per heavy atom. The van der Waals surface area contributed by atoms with Crippen LogP contribution in [-0.4, -0.2) is 19.8 Å². The highest BCUT2D eigenvalue weighted by atomic mass is 79.9. The molecule has 3 nitrogen and oxygen atoms in total. The molecule has 0 aromatic heterocycles. The lowest BCUT2D eigenvalue weighted by Gasteiger charge is -2.30. The topological polar surface area (TPSA) is 44.5 Å². The van der Waals surface area contributed by atoms with Gasteiger partial charge in [0.1, 0.15) is 17.6 Å². The van der Waals surface area contributed by atoms with Gasteiger partial charge in [0.2, 0.25) is 0 Å². The number of rotatable bonds is 4. The molecule has 1 atom stereocenters. The van der Waals surface area contributed by atoms with E-state index in [9.17, 15) is 0 Å². The Balaban J connectivity index is 3.01. The molecule has 0 saturated carbocycles. The Labute approximate surface area is 125 Å². The van der Waals surface area contributed by atoms with Crippen LogP contribution in [0, 0.1) is 5.41 Å². The summed E-state index contributed by atoms with van der Waals surface area (Å²) in [5, 5.41) is 0. The van der Waals surface area contributed by atoms with Gasteiger partial charge in [-0.3, -0.25) is 0 Å². The summed E-state index contributed by atoms with van der Waals surface area (Å²) >= 11 is 6.93. The molecular formula is C13H19Br2NO2. The van der Waals surface area contributed by atoms with Crippen molar-refractivity contribution in [3.05, 3.63) is 21.1 Å². The van der Waals surface area contributed by atoms with Gasteiger partial charge in [0.15, 0.2) is 0 Å². The maximum atomic E-state index is 5.98. The van der Waals surface area contributed by atoms with Crippen molar-refractivity contribution in [2.75, 3.05) is 13.7 Å². The van der Waals surface area contributed by atoms with Gasteiger partial charge in [0.25, 0.3) is 0 Å². The molecule has 1 unspecified atom stereocenters. The van der Waals surface area contributed by atoms with E-state index < -0.39 is 0 Å². The highest BCUT2D eigenvalue weighted by molar-refractivity contribution is 9.11. The lowest BCUT2D eigenvalue weighted by atomic mass is 9.89. The second-order valence-corrected chi connectivity index (χ2v) is 6.83. The van der Waals surface area contributed by atoms with Crippen molar-refractivity contribution in [1.29, 1.82) is 0 Å². The normalized spacial score (nSPS) is 13.3. The maximum Gasteiger partial charge on any atom is 0.135 e. The van der Waals surface area contributed by atoms with Crippen LogP contribution in [0.1, 0.15) is 20.8 Å². The number of benzene rings is 1. The van der Waals surface area contributed by atoms with Crippen LogP contribution in [0.15, 0.2) is 21.1 Å². The van der Waals surface area contributed by atoms with Gasteiger partial charge in [-0.05, 0) is 44.0 Å². The third kappa shape index (κ3) is 3.87. The van der Waals surface area contributed by atoms with E-state index in [4.69, 9.17) is 15.2 Å². The van der Waals surface area contributed by atoms with E-state index in [1.165, 1.54) is 0 Å². The molecule has 2 N–H and O–H groups in total.